The van der Waals surface area contributed by atoms with Crippen LogP contribution in [0, 0.1) is 5.92 Å². The van der Waals surface area contributed by atoms with Crippen LogP contribution in [0.4, 0.5) is 0 Å². The Morgan fingerprint density at radius 2 is 2.04 bits per heavy atom. The Hall–Kier alpha value is -1.40. The van der Waals surface area contributed by atoms with E-state index in [4.69, 9.17) is 0 Å². The zero-order valence-corrected chi connectivity index (χ0v) is 16.7. The van der Waals surface area contributed by atoms with Crippen molar-refractivity contribution in [1.29, 1.82) is 0 Å². The molecule has 0 aliphatic carbocycles. The van der Waals surface area contributed by atoms with Gasteiger partial charge < -0.3 is 10.2 Å². The van der Waals surface area contributed by atoms with Gasteiger partial charge in [-0.05, 0) is 71.1 Å². The number of nitrogens with zero attached hydrogens (tertiary/aromatic N) is 4. The summed E-state index contributed by atoms with van der Waals surface area (Å²) < 4.78 is 1.81. The Bertz CT molecular complexity index is 577. The molecule has 1 atom stereocenters. The fraction of sp³-hybridized carbons (Fsp3) is 0.800. The van der Waals surface area contributed by atoms with Crippen molar-refractivity contribution in [2.75, 3.05) is 32.7 Å². The predicted molar refractivity (Wildman–Crippen MR) is 104 cm³/mol. The van der Waals surface area contributed by atoms with Crippen LogP contribution in [0.1, 0.15) is 45.1 Å². The van der Waals surface area contributed by atoms with Crippen molar-refractivity contribution < 1.29 is 4.79 Å². The maximum Gasteiger partial charge on any atom is 0.224 e. The van der Waals surface area contributed by atoms with Gasteiger partial charge in [-0.2, -0.15) is 5.10 Å². The maximum atomic E-state index is 12.6. The number of aryl methyl sites for hydroxylation is 1. The van der Waals surface area contributed by atoms with Crippen LogP contribution >= 0.6 is 0 Å². The van der Waals surface area contributed by atoms with E-state index in [1.165, 1.54) is 31.5 Å². The van der Waals surface area contributed by atoms with E-state index in [1.54, 1.807) is 4.68 Å². The highest BCUT2D eigenvalue weighted by Crippen LogP contribution is 2.24. The lowest BCUT2D eigenvalue weighted by molar-refractivity contribution is -0.127. The third-order valence-electron chi connectivity index (χ3n) is 6.04. The van der Waals surface area contributed by atoms with Crippen molar-refractivity contribution in [3.8, 4) is 0 Å². The van der Waals surface area contributed by atoms with E-state index < -0.39 is 0 Å². The Morgan fingerprint density at radius 3 is 2.69 bits per heavy atom. The quantitative estimate of drug-likeness (QED) is 0.837. The summed E-state index contributed by atoms with van der Waals surface area (Å²) >= 11 is 0. The molecule has 6 nitrogen and oxygen atoms in total. The summed E-state index contributed by atoms with van der Waals surface area (Å²) in [6, 6.07) is 1.31. The first-order valence-corrected chi connectivity index (χ1v) is 10.3. The number of likely N-dealkylation sites (tertiary alicyclic amines) is 2. The highest BCUT2D eigenvalue weighted by molar-refractivity contribution is 5.78. The minimum atomic E-state index is 0.153. The molecule has 0 bridgehead atoms. The molecule has 1 aromatic rings. The topological polar surface area (TPSA) is 53.4 Å². The molecule has 1 unspecified atom stereocenters. The van der Waals surface area contributed by atoms with Gasteiger partial charge in [0.2, 0.25) is 5.91 Å². The predicted octanol–water partition coefficient (Wildman–Crippen LogP) is 1.66. The van der Waals surface area contributed by atoms with Crippen LogP contribution in [0.15, 0.2) is 12.4 Å². The Balaban J connectivity index is 1.42. The Kier molecular flexibility index (Phi) is 6.70. The maximum absolute atomic E-state index is 12.6. The molecule has 2 aliphatic rings. The number of aromatic nitrogens is 2. The van der Waals surface area contributed by atoms with E-state index >= 15 is 0 Å². The molecule has 0 spiro atoms. The summed E-state index contributed by atoms with van der Waals surface area (Å²) in [7, 11) is 1.92. The molecule has 0 saturated carbocycles. The fourth-order valence-corrected chi connectivity index (χ4v) is 4.39. The van der Waals surface area contributed by atoms with Gasteiger partial charge in [-0.1, -0.05) is 0 Å². The molecule has 2 aliphatic heterocycles. The minimum absolute atomic E-state index is 0.153. The fourth-order valence-electron chi connectivity index (χ4n) is 4.39. The van der Waals surface area contributed by atoms with E-state index in [0.29, 0.717) is 18.6 Å². The lowest BCUT2D eigenvalue weighted by atomic mass is 9.93. The second-order valence-electron chi connectivity index (χ2n) is 8.26. The van der Waals surface area contributed by atoms with Crippen molar-refractivity contribution >= 4 is 5.91 Å². The number of carbonyl (C=O) groups excluding carboxylic acids is 1. The van der Waals surface area contributed by atoms with Crippen LogP contribution in [0.3, 0.4) is 0 Å². The van der Waals surface area contributed by atoms with Crippen molar-refractivity contribution in [1.82, 2.24) is 24.9 Å². The minimum Gasteiger partial charge on any atom is -0.355 e. The third-order valence-corrected chi connectivity index (χ3v) is 6.04. The number of hydrogen-bond acceptors (Lipinski definition) is 4. The van der Waals surface area contributed by atoms with Crippen molar-refractivity contribution in [3.05, 3.63) is 18.0 Å². The Labute approximate surface area is 157 Å². The highest BCUT2D eigenvalue weighted by atomic mass is 16.1. The molecule has 3 rings (SSSR count). The molecule has 2 fully saturated rings. The molecule has 146 valence electrons. The summed E-state index contributed by atoms with van der Waals surface area (Å²) in [6.45, 7) is 9.76. The number of piperidine rings is 2. The average molecular weight is 362 g/mol. The number of nitrogens with one attached hydrogen (secondary N) is 1. The van der Waals surface area contributed by atoms with E-state index in [9.17, 15) is 4.79 Å². The van der Waals surface area contributed by atoms with Gasteiger partial charge in [0, 0.05) is 38.4 Å². The lowest BCUT2D eigenvalue weighted by Crippen LogP contribution is -2.51. The smallest absolute Gasteiger partial charge is 0.224 e. The molecular weight excluding hydrogens is 326 g/mol. The number of amides is 1. The molecule has 26 heavy (non-hydrogen) atoms. The van der Waals surface area contributed by atoms with Gasteiger partial charge in [-0.15, -0.1) is 0 Å². The third kappa shape index (κ3) is 5.07. The van der Waals surface area contributed by atoms with Gasteiger partial charge in [-0.25, -0.2) is 0 Å². The van der Waals surface area contributed by atoms with Crippen LogP contribution < -0.4 is 5.32 Å². The number of hydrogen-bond donors (Lipinski definition) is 1. The summed E-state index contributed by atoms with van der Waals surface area (Å²) in [4.78, 5) is 17.8. The largest absolute Gasteiger partial charge is 0.355 e. The second-order valence-corrected chi connectivity index (χ2v) is 8.26. The van der Waals surface area contributed by atoms with Gasteiger partial charge in [-0.3, -0.25) is 14.4 Å². The molecule has 1 N–H and O–H groups in total. The van der Waals surface area contributed by atoms with Crippen molar-refractivity contribution in [2.24, 2.45) is 13.0 Å². The zero-order valence-electron chi connectivity index (χ0n) is 16.7. The lowest BCUT2D eigenvalue weighted by Gasteiger charge is -2.43. The second kappa shape index (κ2) is 9.00. The van der Waals surface area contributed by atoms with Crippen LogP contribution in [0.2, 0.25) is 0 Å². The summed E-state index contributed by atoms with van der Waals surface area (Å²) in [5, 5.41) is 7.32. The molecule has 6 heteroatoms. The first-order chi connectivity index (χ1) is 12.5. The normalized spacial score (nSPS) is 23.5. The molecule has 3 heterocycles. The highest BCUT2D eigenvalue weighted by Gasteiger charge is 2.31. The summed E-state index contributed by atoms with van der Waals surface area (Å²) in [6.07, 6.45) is 9.39. The van der Waals surface area contributed by atoms with Crippen molar-refractivity contribution in [3.63, 3.8) is 0 Å². The molecular formula is C20H35N5O. The standard InChI is InChI=1S/C20H35N5O/c1-16(2)24-11-7-19(8-12-24)25-10-4-5-18(15-25)20(26)21-9-6-17-13-22-23(3)14-17/h13-14,16,18-19H,4-12,15H2,1-3H3,(H,21,26). The molecule has 0 radical (unpaired) electrons. The molecule has 0 aromatic carbocycles. The number of rotatable bonds is 6. The van der Waals surface area contributed by atoms with Crippen LogP contribution in [-0.2, 0) is 18.3 Å². The van der Waals surface area contributed by atoms with E-state index in [-0.39, 0.29) is 11.8 Å². The number of carbonyl (C=O) groups is 1. The van der Waals surface area contributed by atoms with Crippen LogP contribution in [-0.4, -0.2) is 70.3 Å². The first-order valence-electron chi connectivity index (χ1n) is 10.3. The van der Waals surface area contributed by atoms with Crippen molar-refractivity contribution in [2.45, 2.75) is 58.0 Å². The van der Waals surface area contributed by atoms with Gasteiger partial charge in [0.15, 0.2) is 0 Å². The van der Waals surface area contributed by atoms with Crippen LogP contribution in [0.5, 0.6) is 0 Å². The average Bonchev–Trinajstić information content (AvgIpc) is 3.07. The zero-order chi connectivity index (χ0) is 18.5. The SMILES string of the molecule is CC(C)N1CCC(N2CCCC(C(=O)NCCc3cnn(C)c3)C2)CC1. The molecule has 1 aromatic heterocycles. The van der Waals surface area contributed by atoms with Gasteiger partial charge in [0.25, 0.3) is 0 Å². The van der Waals surface area contributed by atoms with Crippen LogP contribution in [0.25, 0.3) is 0 Å². The van der Waals surface area contributed by atoms with E-state index in [1.807, 2.05) is 19.4 Å². The Morgan fingerprint density at radius 1 is 1.27 bits per heavy atom. The van der Waals surface area contributed by atoms with Gasteiger partial charge in [0.1, 0.15) is 0 Å². The van der Waals surface area contributed by atoms with E-state index in [0.717, 1.165) is 32.4 Å². The molecule has 2 saturated heterocycles. The first kappa shape index (κ1) is 19.4. The monoisotopic (exact) mass is 361 g/mol. The summed E-state index contributed by atoms with van der Waals surface area (Å²) in [5.74, 6) is 0.388. The van der Waals surface area contributed by atoms with Gasteiger partial charge in [0.05, 0.1) is 12.1 Å². The molecule has 1 amide bonds. The van der Waals surface area contributed by atoms with E-state index in [2.05, 4.69) is 34.1 Å². The summed E-state index contributed by atoms with van der Waals surface area (Å²) in [5.41, 5.74) is 1.18. The van der Waals surface area contributed by atoms with Gasteiger partial charge >= 0.3 is 0 Å².